The molecule has 53 heavy (non-hydrogen) atoms. The topological polar surface area (TPSA) is 99.1 Å². The Morgan fingerprint density at radius 1 is 0.377 bits per heavy atom. The van der Waals surface area contributed by atoms with E-state index in [1.807, 2.05) is 36.4 Å². The second-order valence-corrected chi connectivity index (χ2v) is 13.3. The quantitative estimate of drug-likeness (QED) is 0.184. The van der Waals surface area contributed by atoms with Gasteiger partial charge in [-0.1, -0.05) is 84.9 Å². The molecule has 244 valence electrons. The molecule has 10 rings (SSSR count). The predicted molar refractivity (Wildman–Crippen MR) is 205 cm³/mol. The number of benzene rings is 4. The Morgan fingerprint density at radius 2 is 0.811 bits per heavy atom. The molecule has 0 unspecified atom stereocenters. The van der Waals surface area contributed by atoms with Gasteiger partial charge in [-0.05, 0) is 105 Å². The molecule has 6 nitrogen and oxygen atoms in total. The summed E-state index contributed by atoms with van der Waals surface area (Å²) in [5.74, 6) is 0. The van der Waals surface area contributed by atoms with Crippen LogP contribution in [0.4, 0.5) is 0 Å². The summed E-state index contributed by atoms with van der Waals surface area (Å²) in [5.41, 5.74) is 16.7. The number of nitriles is 2. The highest BCUT2D eigenvalue weighted by atomic mass is 14.8. The fraction of sp³-hybridized carbons (Fsp3) is 0.0213. The average molecular weight is 675 g/mol. The summed E-state index contributed by atoms with van der Waals surface area (Å²) in [7, 11) is 0. The lowest BCUT2D eigenvalue weighted by molar-refractivity contribution is 0.794. The standard InChI is InChI=1S/C47H26N6/c48-27-29-19-21-50-45(23-29)43-13-5-11-41(52-43)31-15-17-39-35(25-31)36-26-32(42-12-6-14-44(53-42)46-24-30(28-49)20-22-51-46)16-18-40(36)47(39)37-9-3-1-7-33(37)34-8-2-4-10-38(34)47/h1-26H. The molecule has 0 radical (unpaired) electrons. The largest absolute Gasteiger partial charge is 0.255 e. The molecule has 0 bridgehead atoms. The van der Waals surface area contributed by atoms with E-state index in [2.05, 4.69) is 107 Å². The Balaban J connectivity index is 1.18. The molecule has 0 aliphatic heterocycles. The molecule has 4 aromatic heterocycles. The van der Waals surface area contributed by atoms with E-state index in [9.17, 15) is 10.5 Å². The highest BCUT2D eigenvalue weighted by Gasteiger charge is 2.51. The zero-order chi connectivity index (χ0) is 35.5. The molecule has 0 amide bonds. The van der Waals surface area contributed by atoms with Gasteiger partial charge < -0.3 is 0 Å². The number of rotatable bonds is 4. The monoisotopic (exact) mass is 674 g/mol. The molecule has 0 N–H and O–H groups in total. The Labute approximate surface area is 306 Å². The van der Waals surface area contributed by atoms with E-state index in [1.165, 1.54) is 33.4 Å². The Morgan fingerprint density at radius 3 is 1.28 bits per heavy atom. The average Bonchev–Trinajstić information content (AvgIpc) is 3.70. The van der Waals surface area contributed by atoms with E-state index in [1.54, 1.807) is 36.7 Å². The number of pyridine rings is 4. The molecule has 0 saturated heterocycles. The van der Waals surface area contributed by atoms with Gasteiger partial charge in [-0.3, -0.25) is 9.97 Å². The molecule has 4 aromatic carbocycles. The molecule has 1 spiro atoms. The van der Waals surface area contributed by atoms with Crippen LogP contribution in [0.15, 0.2) is 158 Å². The van der Waals surface area contributed by atoms with Crippen LogP contribution < -0.4 is 0 Å². The molecule has 2 aliphatic carbocycles. The van der Waals surface area contributed by atoms with Gasteiger partial charge in [-0.25, -0.2) is 9.97 Å². The van der Waals surface area contributed by atoms with Crippen molar-refractivity contribution in [3.05, 3.63) is 191 Å². The Kier molecular flexibility index (Phi) is 6.73. The number of hydrogen-bond donors (Lipinski definition) is 0. The van der Waals surface area contributed by atoms with E-state index >= 15 is 0 Å². The van der Waals surface area contributed by atoms with Crippen LogP contribution in [-0.4, -0.2) is 19.9 Å². The van der Waals surface area contributed by atoms with Crippen molar-refractivity contribution in [2.24, 2.45) is 0 Å². The van der Waals surface area contributed by atoms with Crippen molar-refractivity contribution < 1.29 is 0 Å². The lowest BCUT2D eigenvalue weighted by Gasteiger charge is -2.30. The Hall–Kier alpha value is -7.54. The molecule has 0 saturated carbocycles. The van der Waals surface area contributed by atoms with Crippen LogP contribution in [-0.2, 0) is 5.41 Å². The minimum atomic E-state index is -0.497. The van der Waals surface area contributed by atoms with Crippen LogP contribution in [0.3, 0.4) is 0 Å². The maximum absolute atomic E-state index is 9.48. The van der Waals surface area contributed by atoms with Crippen LogP contribution in [0.5, 0.6) is 0 Å². The van der Waals surface area contributed by atoms with E-state index in [0.29, 0.717) is 33.9 Å². The normalized spacial score (nSPS) is 12.6. The third kappa shape index (κ3) is 4.57. The molecule has 2 aliphatic rings. The number of fused-ring (bicyclic) bond motifs is 10. The van der Waals surface area contributed by atoms with E-state index in [-0.39, 0.29) is 0 Å². The first-order chi connectivity index (χ1) is 26.1. The van der Waals surface area contributed by atoms with E-state index in [0.717, 1.165) is 33.6 Å². The maximum atomic E-state index is 9.48. The molecular formula is C47H26N6. The van der Waals surface area contributed by atoms with Crippen LogP contribution in [0.25, 0.3) is 67.5 Å². The summed E-state index contributed by atoms with van der Waals surface area (Å²) < 4.78 is 0. The molecule has 0 atom stereocenters. The first kappa shape index (κ1) is 30.3. The lowest BCUT2D eigenvalue weighted by atomic mass is 9.70. The van der Waals surface area contributed by atoms with Gasteiger partial charge in [0.25, 0.3) is 0 Å². The summed E-state index contributed by atoms with van der Waals surface area (Å²) in [6, 6.07) is 54.2. The highest BCUT2D eigenvalue weighted by molar-refractivity contribution is 5.97. The van der Waals surface area contributed by atoms with Crippen LogP contribution in [0.2, 0.25) is 0 Å². The third-order valence-electron chi connectivity index (χ3n) is 10.5. The SMILES string of the molecule is N#Cc1ccnc(-c2cccc(-c3ccc4c(c3)-c3cc(-c5cccc(-c6cc(C#N)ccn6)n5)ccc3C43c4ccccc4-c4ccccc43)n2)c1. The van der Waals surface area contributed by atoms with Gasteiger partial charge in [0.15, 0.2) is 0 Å². The lowest BCUT2D eigenvalue weighted by Crippen LogP contribution is -2.25. The molecule has 0 fully saturated rings. The van der Waals surface area contributed by atoms with Crippen LogP contribution >= 0.6 is 0 Å². The highest BCUT2D eigenvalue weighted by Crippen LogP contribution is 2.63. The summed E-state index contributed by atoms with van der Waals surface area (Å²) in [6.07, 6.45) is 3.29. The van der Waals surface area contributed by atoms with Crippen molar-refractivity contribution in [3.8, 4) is 79.7 Å². The van der Waals surface area contributed by atoms with Gasteiger partial charge in [0.1, 0.15) is 0 Å². The summed E-state index contributed by atoms with van der Waals surface area (Å²) in [6.45, 7) is 0. The third-order valence-corrected chi connectivity index (χ3v) is 10.5. The molecule has 4 heterocycles. The van der Waals surface area contributed by atoms with Gasteiger partial charge in [0, 0.05) is 23.5 Å². The van der Waals surface area contributed by atoms with Crippen molar-refractivity contribution >= 4 is 0 Å². The number of nitrogens with zero attached hydrogens (tertiary/aromatic N) is 6. The summed E-state index contributed by atoms with van der Waals surface area (Å²) in [5, 5.41) is 19.0. The Bertz CT molecular complexity index is 2700. The first-order valence-electron chi connectivity index (χ1n) is 17.3. The summed E-state index contributed by atoms with van der Waals surface area (Å²) >= 11 is 0. The molecule has 8 aromatic rings. The van der Waals surface area contributed by atoms with E-state index < -0.39 is 5.41 Å². The van der Waals surface area contributed by atoms with Gasteiger partial charge in [-0.15, -0.1) is 0 Å². The fourth-order valence-electron chi connectivity index (χ4n) is 8.22. The second-order valence-electron chi connectivity index (χ2n) is 13.3. The fourth-order valence-corrected chi connectivity index (χ4v) is 8.22. The van der Waals surface area contributed by atoms with Crippen molar-refractivity contribution in [3.63, 3.8) is 0 Å². The van der Waals surface area contributed by atoms with Crippen molar-refractivity contribution in [1.29, 1.82) is 10.5 Å². The van der Waals surface area contributed by atoms with Crippen LogP contribution in [0, 0.1) is 22.7 Å². The minimum Gasteiger partial charge on any atom is -0.255 e. The molecular weight excluding hydrogens is 649 g/mol. The van der Waals surface area contributed by atoms with Crippen molar-refractivity contribution in [2.75, 3.05) is 0 Å². The van der Waals surface area contributed by atoms with Crippen LogP contribution in [0.1, 0.15) is 33.4 Å². The van der Waals surface area contributed by atoms with E-state index in [4.69, 9.17) is 9.97 Å². The maximum Gasteiger partial charge on any atom is 0.0992 e. The van der Waals surface area contributed by atoms with Crippen molar-refractivity contribution in [1.82, 2.24) is 19.9 Å². The number of hydrogen-bond acceptors (Lipinski definition) is 6. The molecule has 6 heteroatoms. The van der Waals surface area contributed by atoms with Gasteiger partial charge in [-0.2, -0.15) is 10.5 Å². The predicted octanol–water partition coefficient (Wildman–Crippen LogP) is 10.0. The smallest absolute Gasteiger partial charge is 0.0992 e. The van der Waals surface area contributed by atoms with Gasteiger partial charge in [0.05, 0.1) is 62.8 Å². The summed E-state index contributed by atoms with van der Waals surface area (Å²) in [4.78, 5) is 19.1. The van der Waals surface area contributed by atoms with Gasteiger partial charge in [0.2, 0.25) is 0 Å². The minimum absolute atomic E-state index is 0.497. The first-order valence-corrected chi connectivity index (χ1v) is 17.3. The van der Waals surface area contributed by atoms with Crippen molar-refractivity contribution in [2.45, 2.75) is 5.41 Å². The second kappa shape index (κ2) is 11.8. The number of aromatic nitrogens is 4. The zero-order valence-electron chi connectivity index (χ0n) is 28.2. The zero-order valence-corrected chi connectivity index (χ0v) is 28.2. The van der Waals surface area contributed by atoms with Gasteiger partial charge >= 0.3 is 0 Å².